The lowest BCUT2D eigenvalue weighted by Gasteiger charge is -2.21. The van der Waals surface area contributed by atoms with Gasteiger partial charge in [-0.05, 0) is 31.6 Å². The Bertz CT molecular complexity index is 369. The van der Waals surface area contributed by atoms with Crippen molar-refractivity contribution in [2.45, 2.75) is 33.2 Å². The Kier molecular flexibility index (Phi) is 6.10. The van der Waals surface area contributed by atoms with E-state index >= 15 is 0 Å². The molecular formula is C13H19Cl2NO. The molecule has 0 atom stereocenters. The number of unbranched alkanes of at least 4 members (excludes halogenated alkanes) is 1. The normalized spacial score (nSPS) is 11.1. The maximum Gasteiger partial charge on any atom is 0.138 e. The van der Waals surface area contributed by atoms with Gasteiger partial charge in [-0.15, -0.1) is 0 Å². The van der Waals surface area contributed by atoms with E-state index in [9.17, 15) is 5.11 Å². The standard InChI is InChI=1S/C13H19Cl2NO/c1-3-5-6-16(4-2)9-10-7-11(14)8-12(15)13(10)17/h7-8,17H,3-6,9H2,1-2H3. The summed E-state index contributed by atoms with van der Waals surface area (Å²) in [6.45, 7) is 6.93. The van der Waals surface area contributed by atoms with E-state index in [1.807, 2.05) is 0 Å². The molecule has 0 aliphatic carbocycles. The highest BCUT2D eigenvalue weighted by Crippen LogP contribution is 2.31. The maximum atomic E-state index is 9.87. The third-order valence-corrected chi connectivity index (χ3v) is 3.28. The number of phenols is 1. The third kappa shape index (κ3) is 4.38. The van der Waals surface area contributed by atoms with E-state index in [1.54, 1.807) is 12.1 Å². The Balaban J connectivity index is 2.78. The number of benzene rings is 1. The summed E-state index contributed by atoms with van der Waals surface area (Å²) in [5.74, 6) is 0.144. The summed E-state index contributed by atoms with van der Waals surface area (Å²) < 4.78 is 0. The molecule has 0 bridgehead atoms. The average Bonchev–Trinajstić information content (AvgIpc) is 2.30. The summed E-state index contributed by atoms with van der Waals surface area (Å²) >= 11 is 11.8. The average molecular weight is 276 g/mol. The summed E-state index contributed by atoms with van der Waals surface area (Å²) in [5.41, 5.74) is 0.792. The van der Waals surface area contributed by atoms with E-state index in [-0.39, 0.29) is 5.75 Å². The molecule has 0 heterocycles. The van der Waals surface area contributed by atoms with Crippen LogP contribution in [-0.2, 0) is 6.54 Å². The van der Waals surface area contributed by atoms with Crippen LogP contribution in [0.25, 0.3) is 0 Å². The van der Waals surface area contributed by atoms with Crippen LogP contribution in [0.3, 0.4) is 0 Å². The van der Waals surface area contributed by atoms with Crippen molar-refractivity contribution >= 4 is 23.2 Å². The Morgan fingerprint density at radius 2 is 1.94 bits per heavy atom. The van der Waals surface area contributed by atoms with Gasteiger partial charge in [-0.2, -0.15) is 0 Å². The molecule has 4 heteroatoms. The Hall–Kier alpha value is -0.440. The Labute approximate surface area is 113 Å². The van der Waals surface area contributed by atoms with E-state index in [2.05, 4.69) is 18.7 Å². The van der Waals surface area contributed by atoms with Crippen molar-refractivity contribution in [2.24, 2.45) is 0 Å². The second-order valence-corrected chi connectivity index (χ2v) is 4.96. The van der Waals surface area contributed by atoms with Crippen molar-refractivity contribution in [1.29, 1.82) is 0 Å². The summed E-state index contributed by atoms with van der Waals surface area (Å²) in [6.07, 6.45) is 2.32. The van der Waals surface area contributed by atoms with E-state index < -0.39 is 0 Å². The van der Waals surface area contributed by atoms with Gasteiger partial charge in [0.15, 0.2) is 0 Å². The van der Waals surface area contributed by atoms with Crippen LogP contribution in [0.15, 0.2) is 12.1 Å². The lowest BCUT2D eigenvalue weighted by Crippen LogP contribution is -2.24. The number of nitrogens with zero attached hydrogens (tertiary/aromatic N) is 1. The van der Waals surface area contributed by atoms with E-state index in [0.29, 0.717) is 16.6 Å². The van der Waals surface area contributed by atoms with Crippen LogP contribution in [0.5, 0.6) is 5.75 Å². The first-order valence-electron chi connectivity index (χ1n) is 5.97. The summed E-state index contributed by atoms with van der Waals surface area (Å²) in [7, 11) is 0. The van der Waals surface area contributed by atoms with Crippen LogP contribution in [-0.4, -0.2) is 23.1 Å². The zero-order valence-electron chi connectivity index (χ0n) is 10.3. The fourth-order valence-electron chi connectivity index (χ4n) is 1.71. The Morgan fingerprint density at radius 1 is 1.24 bits per heavy atom. The molecule has 0 radical (unpaired) electrons. The summed E-state index contributed by atoms with van der Waals surface area (Å²) in [6, 6.07) is 3.33. The molecule has 0 spiro atoms. The van der Waals surface area contributed by atoms with Gasteiger partial charge < -0.3 is 5.11 Å². The zero-order chi connectivity index (χ0) is 12.8. The number of rotatable bonds is 6. The number of phenolic OH excluding ortho intramolecular Hbond substituents is 1. The van der Waals surface area contributed by atoms with Crippen LogP contribution in [0.1, 0.15) is 32.3 Å². The molecular weight excluding hydrogens is 257 g/mol. The monoisotopic (exact) mass is 275 g/mol. The van der Waals surface area contributed by atoms with Crippen molar-refractivity contribution in [3.63, 3.8) is 0 Å². The molecule has 96 valence electrons. The SMILES string of the molecule is CCCCN(CC)Cc1cc(Cl)cc(Cl)c1O. The van der Waals surface area contributed by atoms with E-state index in [0.717, 1.165) is 25.1 Å². The maximum absolute atomic E-state index is 9.87. The topological polar surface area (TPSA) is 23.5 Å². The van der Waals surface area contributed by atoms with Crippen molar-refractivity contribution in [1.82, 2.24) is 4.90 Å². The molecule has 0 unspecified atom stereocenters. The van der Waals surface area contributed by atoms with Gasteiger partial charge in [-0.1, -0.05) is 43.5 Å². The predicted octanol–water partition coefficient (Wildman–Crippen LogP) is 4.32. The van der Waals surface area contributed by atoms with Crippen molar-refractivity contribution in [3.05, 3.63) is 27.7 Å². The molecule has 0 saturated carbocycles. The van der Waals surface area contributed by atoms with Crippen molar-refractivity contribution < 1.29 is 5.11 Å². The molecule has 0 amide bonds. The number of aromatic hydroxyl groups is 1. The largest absolute Gasteiger partial charge is 0.506 e. The van der Waals surface area contributed by atoms with Gasteiger partial charge in [-0.25, -0.2) is 0 Å². The number of hydrogen-bond donors (Lipinski definition) is 1. The molecule has 1 aromatic rings. The van der Waals surface area contributed by atoms with E-state index in [1.165, 1.54) is 6.42 Å². The van der Waals surface area contributed by atoms with E-state index in [4.69, 9.17) is 23.2 Å². The highest BCUT2D eigenvalue weighted by molar-refractivity contribution is 6.35. The first kappa shape index (κ1) is 14.6. The molecule has 1 N–H and O–H groups in total. The summed E-state index contributed by atoms with van der Waals surface area (Å²) in [4.78, 5) is 2.27. The second kappa shape index (κ2) is 7.10. The van der Waals surface area contributed by atoms with Gasteiger partial charge in [-0.3, -0.25) is 4.90 Å². The molecule has 0 aliphatic rings. The highest BCUT2D eigenvalue weighted by atomic mass is 35.5. The van der Waals surface area contributed by atoms with Gasteiger partial charge in [0, 0.05) is 17.1 Å². The van der Waals surface area contributed by atoms with Crippen LogP contribution >= 0.6 is 23.2 Å². The molecule has 0 fully saturated rings. The zero-order valence-corrected chi connectivity index (χ0v) is 11.9. The van der Waals surface area contributed by atoms with Crippen LogP contribution < -0.4 is 0 Å². The quantitative estimate of drug-likeness (QED) is 0.836. The number of hydrogen-bond acceptors (Lipinski definition) is 2. The van der Waals surface area contributed by atoms with Gasteiger partial charge >= 0.3 is 0 Å². The third-order valence-electron chi connectivity index (χ3n) is 2.78. The lowest BCUT2D eigenvalue weighted by molar-refractivity contribution is 0.271. The Morgan fingerprint density at radius 3 is 2.53 bits per heavy atom. The smallest absolute Gasteiger partial charge is 0.138 e. The predicted molar refractivity (Wildman–Crippen MR) is 74.0 cm³/mol. The first-order chi connectivity index (χ1) is 8.08. The van der Waals surface area contributed by atoms with Crippen LogP contribution in [0, 0.1) is 0 Å². The molecule has 0 aromatic heterocycles. The molecule has 0 aliphatic heterocycles. The van der Waals surface area contributed by atoms with Gasteiger partial charge in [0.1, 0.15) is 5.75 Å². The molecule has 2 nitrogen and oxygen atoms in total. The minimum atomic E-state index is 0.144. The van der Waals surface area contributed by atoms with Crippen LogP contribution in [0.4, 0.5) is 0 Å². The first-order valence-corrected chi connectivity index (χ1v) is 6.73. The summed E-state index contributed by atoms with van der Waals surface area (Å²) in [5, 5.41) is 10.8. The second-order valence-electron chi connectivity index (χ2n) is 4.12. The molecule has 17 heavy (non-hydrogen) atoms. The minimum absolute atomic E-state index is 0.144. The fourth-order valence-corrected chi connectivity index (χ4v) is 2.25. The molecule has 1 rings (SSSR count). The van der Waals surface area contributed by atoms with Gasteiger partial charge in [0.05, 0.1) is 5.02 Å². The molecule has 0 saturated heterocycles. The van der Waals surface area contributed by atoms with Crippen molar-refractivity contribution in [2.75, 3.05) is 13.1 Å². The minimum Gasteiger partial charge on any atom is -0.506 e. The van der Waals surface area contributed by atoms with Crippen molar-refractivity contribution in [3.8, 4) is 5.75 Å². The fraction of sp³-hybridized carbons (Fsp3) is 0.538. The van der Waals surface area contributed by atoms with Gasteiger partial charge in [0.2, 0.25) is 0 Å². The number of halogens is 2. The molecule has 1 aromatic carbocycles. The lowest BCUT2D eigenvalue weighted by atomic mass is 10.1. The van der Waals surface area contributed by atoms with Gasteiger partial charge in [0.25, 0.3) is 0 Å². The van der Waals surface area contributed by atoms with Crippen LogP contribution in [0.2, 0.25) is 10.0 Å². The highest BCUT2D eigenvalue weighted by Gasteiger charge is 2.11.